The van der Waals surface area contributed by atoms with Crippen LogP contribution >= 0.6 is 0 Å². The Labute approximate surface area is 177 Å². The topological polar surface area (TPSA) is 74.9 Å². The van der Waals surface area contributed by atoms with Gasteiger partial charge in [-0.05, 0) is 49.9 Å². The fourth-order valence-corrected chi connectivity index (χ4v) is 4.72. The lowest BCUT2D eigenvalue weighted by atomic mass is 9.83. The number of ether oxygens (including phenoxy) is 2. The summed E-state index contributed by atoms with van der Waals surface area (Å²) >= 11 is 0. The van der Waals surface area contributed by atoms with Crippen LogP contribution in [-0.4, -0.2) is 66.6 Å². The van der Waals surface area contributed by atoms with Crippen LogP contribution in [0.15, 0.2) is 18.2 Å². The van der Waals surface area contributed by atoms with Gasteiger partial charge < -0.3 is 24.3 Å². The number of nitrogens with zero attached hydrogens (tertiary/aromatic N) is 2. The van der Waals surface area contributed by atoms with Crippen molar-refractivity contribution in [1.82, 2.24) is 14.8 Å². The Bertz CT molecular complexity index is 953. The highest BCUT2D eigenvalue weighted by Crippen LogP contribution is 2.42. The molecule has 1 aromatic carbocycles. The van der Waals surface area contributed by atoms with E-state index in [1.165, 1.54) is 0 Å². The lowest BCUT2D eigenvalue weighted by Gasteiger charge is -2.49. The first kappa shape index (κ1) is 20.7. The minimum atomic E-state index is -1.00. The average Bonchev–Trinajstić information content (AvgIpc) is 3.13. The summed E-state index contributed by atoms with van der Waals surface area (Å²) in [5, 5.41) is 1.06. The Morgan fingerprint density at radius 2 is 2.00 bits per heavy atom. The molecule has 2 aliphatic heterocycles. The number of amides is 2. The Morgan fingerprint density at radius 3 is 2.77 bits per heavy atom. The standard InChI is InChI=1S/C23H31N3O4/c1-4-5-12-30-13-6-10-25-15-20(27)26-11-9-17-18-14-16(29-3)7-8-19(18)24-21(17)23(26,2)22(25)28/h7-8,14,24H,4-6,9-13,15H2,1-3H3. The summed E-state index contributed by atoms with van der Waals surface area (Å²) < 4.78 is 11.0. The maximum Gasteiger partial charge on any atom is 0.254 e. The molecule has 0 radical (unpaired) electrons. The van der Waals surface area contributed by atoms with Gasteiger partial charge >= 0.3 is 0 Å². The molecule has 162 valence electrons. The van der Waals surface area contributed by atoms with E-state index in [4.69, 9.17) is 9.47 Å². The molecule has 1 saturated heterocycles. The van der Waals surface area contributed by atoms with Crippen LogP contribution in [0.4, 0.5) is 0 Å². The molecule has 0 spiro atoms. The molecule has 3 heterocycles. The number of H-pyrrole nitrogens is 1. The summed E-state index contributed by atoms with van der Waals surface area (Å²) in [6, 6.07) is 5.88. The van der Waals surface area contributed by atoms with Gasteiger partial charge in [0.05, 0.1) is 19.3 Å². The van der Waals surface area contributed by atoms with Crippen LogP contribution in [0, 0.1) is 0 Å². The number of piperazine rings is 1. The molecule has 2 aliphatic rings. The van der Waals surface area contributed by atoms with E-state index in [0.717, 1.165) is 60.2 Å². The van der Waals surface area contributed by atoms with Gasteiger partial charge in [-0.25, -0.2) is 0 Å². The second-order valence-electron chi connectivity index (χ2n) is 8.30. The summed E-state index contributed by atoms with van der Waals surface area (Å²) in [6.45, 7) is 6.59. The number of aromatic amines is 1. The molecule has 1 atom stereocenters. The molecule has 0 aliphatic carbocycles. The number of carbonyl (C=O) groups is 2. The van der Waals surface area contributed by atoms with Gasteiger partial charge in [-0.2, -0.15) is 0 Å². The number of benzene rings is 1. The highest BCUT2D eigenvalue weighted by atomic mass is 16.5. The molecule has 4 rings (SSSR count). The lowest BCUT2D eigenvalue weighted by molar-refractivity contribution is -0.166. The SMILES string of the molecule is CCCCOCCCN1CC(=O)N2CCc3c([nH]c4ccc(OC)cc34)C2(C)C1=O. The molecule has 1 N–H and O–H groups in total. The number of carbonyl (C=O) groups excluding carboxylic acids is 2. The van der Waals surface area contributed by atoms with Crippen molar-refractivity contribution in [2.45, 2.75) is 45.1 Å². The van der Waals surface area contributed by atoms with Gasteiger partial charge in [0, 0.05) is 37.2 Å². The quantitative estimate of drug-likeness (QED) is 0.676. The minimum Gasteiger partial charge on any atom is -0.497 e. The molecule has 0 bridgehead atoms. The number of unbranched alkanes of at least 4 members (excludes halogenated alkanes) is 1. The van der Waals surface area contributed by atoms with Crippen LogP contribution < -0.4 is 4.74 Å². The fourth-order valence-electron chi connectivity index (χ4n) is 4.72. The largest absolute Gasteiger partial charge is 0.497 e. The number of rotatable bonds is 8. The van der Waals surface area contributed by atoms with Gasteiger partial charge in [-0.3, -0.25) is 9.59 Å². The average molecular weight is 414 g/mol. The van der Waals surface area contributed by atoms with Gasteiger partial charge in [-0.15, -0.1) is 0 Å². The minimum absolute atomic E-state index is 0.00545. The maximum atomic E-state index is 13.6. The number of fused-ring (bicyclic) bond motifs is 5. The Balaban J connectivity index is 1.60. The second kappa shape index (κ2) is 8.30. The first-order valence-electron chi connectivity index (χ1n) is 10.9. The van der Waals surface area contributed by atoms with Crippen molar-refractivity contribution in [1.29, 1.82) is 0 Å². The maximum absolute atomic E-state index is 13.6. The van der Waals surface area contributed by atoms with Gasteiger partial charge in [-0.1, -0.05) is 13.3 Å². The van der Waals surface area contributed by atoms with Crippen LogP contribution in [-0.2, 0) is 26.3 Å². The van der Waals surface area contributed by atoms with Gasteiger partial charge in [0.1, 0.15) is 5.75 Å². The van der Waals surface area contributed by atoms with Crippen molar-refractivity contribution in [3.8, 4) is 5.75 Å². The van der Waals surface area contributed by atoms with Crippen LogP contribution in [0.5, 0.6) is 5.75 Å². The third kappa shape index (κ3) is 3.35. The summed E-state index contributed by atoms with van der Waals surface area (Å²) in [5.74, 6) is 0.772. The molecule has 7 heteroatoms. The molecular formula is C23H31N3O4. The monoisotopic (exact) mass is 413 g/mol. The number of methoxy groups -OCH3 is 1. The van der Waals surface area contributed by atoms with Crippen molar-refractivity contribution in [2.75, 3.05) is 40.0 Å². The van der Waals surface area contributed by atoms with Crippen molar-refractivity contribution < 1.29 is 19.1 Å². The van der Waals surface area contributed by atoms with Gasteiger partial charge in [0.2, 0.25) is 5.91 Å². The van der Waals surface area contributed by atoms with Crippen LogP contribution in [0.25, 0.3) is 10.9 Å². The smallest absolute Gasteiger partial charge is 0.254 e. The fraction of sp³-hybridized carbons (Fsp3) is 0.565. The van der Waals surface area contributed by atoms with E-state index < -0.39 is 5.54 Å². The third-order valence-corrected chi connectivity index (χ3v) is 6.42. The molecule has 1 aromatic heterocycles. The summed E-state index contributed by atoms with van der Waals surface area (Å²) in [5.41, 5.74) is 1.90. The first-order chi connectivity index (χ1) is 14.5. The third-order valence-electron chi connectivity index (χ3n) is 6.42. The zero-order valence-electron chi connectivity index (χ0n) is 18.1. The summed E-state index contributed by atoms with van der Waals surface area (Å²) in [6.07, 6.45) is 3.60. The van der Waals surface area contributed by atoms with Gasteiger partial charge in [0.25, 0.3) is 5.91 Å². The summed E-state index contributed by atoms with van der Waals surface area (Å²) in [7, 11) is 1.65. The van der Waals surface area contributed by atoms with Crippen LogP contribution in [0.2, 0.25) is 0 Å². The zero-order valence-corrected chi connectivity index (χ0v) is 18.1. The molecule has 2 aromatic rings. The number of hydrogen-bond acceptors (Lipinski definition) is 4. The first-order valence-corrected chi connectivity index (χ1v) is 10.9. The normalized spacial score (nSPS) is 21.2. The molecule has 2 amide bonds. The zero-order chi connectivity index (χ0) is 21.3. The van der Waals surface area contributed by atoms with E-state index in [1.807, 2.05) is 25.1 Å². The molecule has 7 nitrogen and oxygen atoms in total. The van der Waals surface area contributed by atoms with E-state index in [9.17, 15) is 9.59 Å². The molecule has 1 fully saturated rings. The van der Waals surface area contributed by atoms with Crippen molar-refractivity contribution in [3.63, 3.8) is 0 Å². The van der Waals surface area contributed by atoms with Crippen molar-refractivity contribution in [2.24, 2.45) is 0 Å². The molecule has 30 heavy (non-hydrogen) atoms. The van der Waals surface area contributed by atoms with E-state index >= 15 is 0 Å². The van der Waals surface area contributed by atoms with Gasteiger partial charge in [0.15, 0.2) is 5.54 Å². The Hall–Kier alpha value is -2.54. The summed E-state index contributed by atoms with van der Waals surface area (Å²) in [4.78, 5) is 33.5. The molecular weight excluding hydrogens is 382 g/mol. The highest BCUT2D eigenvalue weighted by Gasteiger charge is 2.53. The Kier molecular flexibility index (Phi) is 5.73. The highest BCUT2D eigenvalue weighted by molar-refractivity contribution is 6.00. The van der Waals surface area contributed by atoms with E-state index in [1.54, 1.807) is 16.9 Å². The van der Waals surface area contributed by atoms with Crippen molar-refractivity contribution >= 4 is 22.7 Å². The second-order valence-corrected chi connectivity index (χ2v) is 8.30. The Morgan fingerprint density at radius 1 is 1.20 bits per heavy atom. The number of nitrogens with one attached hydrogen (secondary N) is 1. The molecule has 0 saturated carbocycles. The van der Waals surface area contributed by atoms with E-state index in [2.05, 4.69) is 11.9 Å². The lowest BCUT2D eigenvalue weighted by Crippen LogP contribution is -2.67. The predicted octanol–water partition coefficient (Wildman–Crippen LogP) is 2.83. The van der Waals surface area contributed by atoms with Crippen molar-refractivity contribution in [3.05, 3.63) is 29.5 Å². The molecule has 1 unspecified atom stereocenters. The van der Waals surface area contributed by atoms with Crippen LogP contribution in [0.3, 0.4) is 0 Å². The van der Waals surface area contributed by atoms with E-state index in [-0.39, 0.29) is 18.4 Å². The number of aromatic nitrogens is 1. The predicted molar refractivity (Wildman–Crippen MR) is 115 cm³/mol. The van der Waals surface area contributed by atoms with Crippen LogP contribution in [0.1, 0.15) is 44.4 Å². The van der Waals surface area contributed by atoms with E-state index in [0.29, 0.717) is 19.7 Å². The number of hydrogen-bond donors (Lipinski definition) is 1.